The monoisotopic (exact) mass is 308 g/mol. The number of carboxylic acids is 1. The molecule has 0 aliphatic heterocycles. The first kappa shape index (κ1) is 18.1. The van der Waals surface area contributed by atoms with E-state index >= 15 is 0 Å². The molecular formula is C17H21FO4. The first-order chi connectivity index (χ1) is 10.4. The van der Waals surface area contributed by atoms with Gasteiger partial charge in [0.25, 0.3) is 0 Å². The van der Waals surface area contributed by atoms with Gasteiger partial charge in [0.15, 0.2) is 0 Å². The van der Waals surface area contributed by atoms with Crippen molar-refractivity contribution in [3.8, 4) is 0 Å². The number of benzene rings is 1. The van der Waals surface area contributed by atoms with Crippen LogP contribution in [0, 0.1) is 5.82 Å². The molecule has 5 heteroatoms. The predicted octanol–water partition coefficient (Wildman–Crippen LogP) is 2.76. The number of carbonyl (C=O) groups is 1. The number of aliphatic hydroxyl groups is 2. The van der Waals surface area contributed by atoms with Crippen molar-refractivity contribution < 1.29 is 24.5 Å². The van der Waals surface area contributed by atoms with Crippen molar-refractivity contribution in [3.63, 3.8) is 0 Å². The Balaban J connectivity index is 2.63. The molecule has 0 aliphatic rings. The highest BCUT2D eigenvalue weighted by molar-refractivity contribution is 5.67. The molecular weight excluding hydrogens is 287 g/mol. The lowest BCUT2D eigenvalue weighted by Crippen LogP contribution is -2.19. The zero-order chi connectivity index (χ0) is 16.5. The number of allylic oxidation sites excluding steroid dienone is 3. The van der Waals surface area contributed by atoms with Crippen LogP contribution in [0.3, 0.4) is 0 Å². The Morgan fingerprint density at radius 3 is 2.45 bits per heavy atom. The van der Waals surface area contributed by atoms with Gasteiger partial charge in [0.05, 0.1) is 18.6 Å². The minimum absolute atomic E-state index is 0.0331. The van der Waals surface area contributed by atoms with Gasteiger partial charge in [-0.05, 0) is 29.7 Å². The van der Waals surface area contributed by atoms with Gasteiger partial charge >= 0.3 is 5.97 Å². The van der Waals surface area contributed by atoms with E-state index in [0.29, 0.717) is 0 Å². The lowest BCUT2D eigenvalue weighted by atomic mass is 10.0. The van der Waals surface area contributed by atoms with Crippen LogP contribution in [0.15, 0.2) is 42.5 Å². The van der Waals surface area contributed by atoms with Crippen molar-refractivity contribution in [3.05, 3.63) is 53.9 Å². The molecule has 0 spiro atoms. The number of aliphatic hydroxyl groups excluding tert-OH is 2. The van der Waals surface area contributed by atoms with Crippen LogP contribution in [-0.2, 0) is 4.79 Å². The average Bonchev–Trinajstić information content (AvgIpc) is 2.44. The van der Waals surface area contributed by atoms with Crippen LogP contribution in [-0.4, -0.2) is 33.5 Å². The third-order valence-electron chi connectivity index (χ3n) is 3.15. The van der Waals surface area contributed by atoms with Crippen molar-refractivity contribution in [2.75, 3.05) is 0 Å². The van der Waals surface area contributed by atoms with Crippen LogP contribution in [0.1, 0.15) is 31.7 Å². The summed E-state index contributed by atoms with van der Waals surface area (Å²) >= 11 is 0. The van der Waals surface area contributed by atoms with Crippen LogP contribution in [0.5, 0.6) is 0 Å². The first-order valence-corrected chi connectivity index (χ1v) is 7.13. The summed E-state index contributed by atoms with van der Waals surface area (Å²) in [4.78, 5) is 10.4. The average molecular weight is 308 g/mol. The summed E-state index contributed by atoms with van der Waals surface area (Å²) in [5, 5.41) is 27.7. The molecule has 0 saturated heterocycles. The third kappa shape index (κ3) is 6.65. The highest BCUT2D eigenvalue weighted by Gasteiger charge is 2.12. The second-order valence-electron chi connectivity index (χ2n) is 4.99. The Morgan fingerprint density at radius 1 is 1.27 bits per heavy atom. The Bertz CT molecular complexity index is 534. The van der Waals surface area contributed by atoms with Crippen molar-refractivity contribution >= 4 is 11.5 Å². The van der Waals surface area contributed by atoms with Crippen LogP contribution in [0.4, 0.5) is 4.39 Å². The van der Waals surface area contributed by atoms with Crippen molar-refractivity contribution in [2.45, 2.75) is 38.4 Å². The summed E-state index contributed by atoms with van der Waals surface area (Å²) in [6.45, 7) is 1.97. The van der Waals surface area contributed by atoms with Crippen molar-refractivity contribution in [1.29, 1.82) is 0 Å². The number of hydrogen-bond acceptors (Lipinski definition) is 3. The first-order valence-electron chi connectivity index (χ1n) is 7.13. The number of hydrogen-bond donors (Lipinski definition) is 3. The molecule has 1 aromatic carbocycles. The van der Waals surface area contributed by atoms with Gasteiger partial charge in [-0.25, -0.2) is 4.39 Å². The summed E-state index contributed by atoms with van der Waals surface area (Å²) in [6.07, 6.45) is 3.27. The number of rotatable bonds is 8. The standard InChI is InChI=1S/C17H21FO4/c1-2-12(13-6-8-14(18)9-7-13)4-3-5-15(19)10-16(20)11-17(21)22/h3-9,15-16,19-20H,2,10-11H2,1H3,(H,21,22)/b5-3+,12-4-. The lowest BCUT2D eigenvalue weighted by Gasteiger charge is -2.10. The Labute approximate surface area is 129 Å². The molecule has 3 N–H and O–H groups in total. The highest BCUT2D eigenvalue weighted by atomic mass is 19.1. The van der Waals surface area contributed by atoms with E-state index in [1.54, 1.807) is 24.3 Å². The van der Waals surface area contributed by atoms with Gasteiger partial charge in [-0.3, -0.25) is 4.79 Å². The molecule has 120 valence electrons. The largest absolute Gasteiger partial charge is 0.481 e. The minimum atomic E-state index is -1.10. The molecule has 0 bridgehead atoms. The molecule has 0 aliphatic carbocycles. The summed E-state index contributed by atoms with van der Waals surface area (Å²) in [6, 6.07) is 6.15. The number of halogens is 1. The van der Waals surface area contributed by atoms with Gasteiger partial charge in [-0.1, -0.05) is 37.3 Å². The fraction of sp³-hybridized carbons (Fsp3) is 0.353. The van der Waals surface area contributed by atoms with Crippen LogP contribution < -0.4 is 0 Å². The van der Waals surface area contributed by atoms with E-state index in [-0.39, 0.29) is 12.2 Å². The maximum atomic E-state index is 12.9. The molecule has 4 nitrogen and oxygen atoms in total. The van der Waals surface area contributed by atoms with E-state index in [0.717, 1.165) is 17.6 Å². The fourth-order valence-corrected chi connectivity index (χ4v) is 2.02. The molecule has 0 radical (unpaired) electrons. The van der Waals surface area contributed by atoms with Gasteiger partial charge in [0.1, 0.15) is 5.82 Å². The molecule has 2 unspecified atom stereocenters. The van der Waals surface area contributed by atoms with Gasteiger partial charge in [-0.15, -0.1) is 0 Å². The summed E-state index contributed by atoms with van der Waals surface area (Å²) < 4.78 is 12.9. The van der Waals surface area contributed by atoms with E-state index in [2.05, 4.69) is 0 Å². The van der Waals surface area contributed by atoms with E-state index < -0.39 is 24.6 Å². The molecule has 0 aromatic heterocycles. The quantitative estimate of drug-likeness (QED) is 0.645. The van der Waals surface area contributed by atoms with Crippen molar-refractivity contribution in [1.82, 2.24) is 0 Å². The molecule has 0 amide bonds. The van der Waals surface area contributed by atoms with Crippen molar-refractivity contribution in [2.24, 2.45) is 0 Å². The van der Waals surface area contributed by atoms with Crippen LogP contribution in [0.25, 0.3) is 5.57 Å². The van der Waals surface area contributed by atoms with E-state index in [1.165, 1.54) is 18.2 Å². The molecule has 0 saturated carbocycles. The summed E-state index contributed by atoms with van der Waals surface area (Å²) in [5.41, 5.74) is 1.88. The normalized spacial score (nSPS) is 15.0. The molecule has 0 fully saturated rings. The lowest BCUT2D eigenvalue weighted by molar-refractivity contribution is -0.139. The Hall–Kier alpha value is -1.98. The second kappa shape index (κ2) is 9.12. The number of carboxylic acid groups (broad SMARTS) is 1. The van der Waals surface area contributed by atoms with Crippen LogP contribution >= 0.6 is 0 Å². The molecule has 1 rings (SSSR count). The molecule has 0 heterocycles. The summed E-state index contributed by atoms with van der Waals surface area (Å²) in [5.74, 6) is -1.40. The van der Waals surface area contributed by atoms with E-state index in [9.17, 15) is 19.4 Å². The number of aliphatic carboxylic acids is 1. The predicted molar refractivity (Wildman–Crippen MR) is 82.7 cm³/mol. The van der Waals surface area contributed by atoms with Gasteiger partial charge in [-0.2, -0.15) is 0 Å². The smallest absolute Gasteiger partial charge is 0.305 e. The maximum absolute atomic E-state index is 12.9. The third-order valence-corrected chi connectivity index (χ3v) is 3.15. The van der Waals surface area contributed by atoms with Gasteiger partial charge in [0, 0.05) is 6.42 Å². The fourth-order valence-electron chi connectivity index (χ4n) is 2.02. The zero-order valence-electron chi connectivity index (χ0n) is 12.4. The van der Waals surface area contributed by atoms with Crippen LogP contribution in [0.2, 0.25) is 0 Å². The molecule has 2 atom stereocenters. The Morgan fingerprint density at radius 2 is 1.91 bits per heavy atom. The van der Waals surface area contributed by atoms with Gasteiger partial charge < -0.3 is 15.3 Å². The van der Waals surface area contributed by atoms with E-state index in [1.807, 2.05) is 6.92 Å². The topological polar surface area (TPSA) is 77.8 Å². The minimum Gasteiger partial charge on any atom is -0.481 e. The molecule has 22 heavy (non-hydrogen) atoms. The highest BCUT2D eigenvalue weighted by Crippen LogP contribution is 2.18. The van der Waals surface area contributed by atoms with Gasteiger partial charge in [0.2, 0.25) is 0 Å². The Kier molecular flexibility index (Phi) is 7.49. The molecule has 1 aromatic rings. The van der Waals surface area contributed by atoms with E-state index in [4.69, 9.17) is 5.11 Å². The second-order valence-corrected chi connectivity index (χ2v) is 4.99. The zero-order valence-corrected chi connectivity index (χ0v) is 12.4. The summed E-state index contributed by atoms with van der Waals surface area (Å²) in [7, 11) is 0. The maximum Gasteiger partial charge on any atom is 0.305 e. The SMILES string of the molecule is CC/C(=C/C=C/C(O)CC(O)CC(=O)O)c1ccc(F)cc1.